The van der Waals surface area contributed by atoms with Crippen molar-refractivity contribution in [2.24, 2.45) is 0 Å². The average molecular weight is 250 g/mol. The topological polar surface area (TPSA) is 52.1 Å². The van der Waals surface area contributed by atoms with E-state index in [1.165, 1.54) is 50.7 Å². The number of ether oxygens (including phenoxy) is 1. The van der Waals surface area contributed by atoms with E-state index in [4.69, 9.17) is 4.74 Å². The van der Waals surface area contributed by atoms with Crippen LogP contribution in [0.4, 0.5) is 0 Å². The van der Waals surface area contributed by atoms with E-state index >= 15 is 0 Å². The van der Waals surface area contributed by atoms with Gasteiger partial charge in [-0.05, 0) is 6.42 Å². The van der Waals surface area contributed by atoms with Crippen molar-refractivity contribution in [1.82, 2.24) is 9.97 Å². The first-order valence-electron chi connectivity index (χ1n) is 6.77. The van der Waals surface area contributed by atoms with Gasteiger partial charge in [0.1, 0.15) is 0 Å². The lowest BCUT2D eigenvalue weighted by atomic mass is 10.1. The second-order valence-electron chi connectivity index (χ2n) is 4.35. The van der Waals surface area contributed by atoms with Gasteiger partial charge in [0.2, 0.25) is 0 Å². The van der Waals surface area contributed by atoms with Gasteiger partial charge in [-0.3, -0.25) is 4.98 Å². The fourth-order valence-electron chi connectivity index (χ4n) is 1.70. The van der Waals surface area contributed by atoms with Crippen LogP contribution in [0.2, 0.25) is 0 Å². The standard InChI is InChI=1S/C14H22N2O2/c1-2-3-4-5-6-7-8-11-18-14(17)13-12-15-9-10-16-13/h9-10,12H,2-8,11H2,1H3. The van der Waals surface area contributed by atoms with Crippen molar-refractivity contribution in [3.63, 3.8) is 0 Å². The van der Waals surface area contributed by atoms with Gasteiger partial charge < -0.3 is 4.74 Å². The summed E-state index contributed by atoms with van der Waals surface area (Å²) < 4.78 is 5.11. The molecule has 0 N–H and O–H groups in total. The van der Waals surface area contributed by atoms with E-state index in [1.54, 1.807) is 0 Å². The molecule has 100 valence electrons. The third-order valence-corrected chi connectivity index (χ3v) is 2.75. The van der Waals surface area contributed by atoms with Crippen molar-refractivity contribution >= 4 is 5.97 Å². The Kier molecular flexibility index (Phi) is 7.77. The summed E-state index contributed by atoms with van der Waals surface area (Å²) in [6.07, 6.45) is 12.9. The van der Waals surface area contributed by atoms with Crippen molar-refractivity contribution in [2.75, 3.05) is 6.61 Å². The first-order chi connectivity index (χ1) is 8.84. The van der Waals surface area contributed by atoms with Crippen LogP contribution >= 0.6 is 0 Å². The van der Waals surface area contributed by atoms with Gasteiger partial charge in [0.15, 0.2) is 5.69 Å². The molecule has 0 aliphatic carbocycles. The van der Waals surface area contributed by atoms with Crippen LogP contribution in [0.15, 0.2) is 18.6 Å². The molecular weight excluding hydrogens is 228 g/mol. The Morgan fingerprint density at radius 1 is 1.11 bits per heavy atom. The fourth-order valence-corrected chi connectivity index (χ4v) is 1.70. The van der Waals surface area contributed by atoms with Crippen LogP contribution in [-0.2, 0) is 4.74 Å². The van der Waals surface area contributed by atoms with E-state index in [-0.39, 0.29) is 11.7 Å². The van der Waals surface area contributed by atoms with Gasteiger partial charge >= 0.3 is 5.97 Å². The zero-order chi connectivity index (χ0) is 13.1. The highest BCUT2D eigenvalue weighted by atomic mass is 16.5. The van der Waals surface area contributed by atoms with Crippen molar-refractivity contribution in [3.8, 4) is 0 Å². The molecular formula is C14H22N2O2. The lowest BCUT2D eigenvalue weighted by molar-refractivity contribution is 0.0490. The van der Waals surface area contributed by atoms with Crippen LogP contribution < -0.4 is 0 Å². The molecule has 0 amide bonds. The van der Waals surface area contributed by atoms with E-state index in [9.17, 15) is 4.79 Å². The molecule has 0 fully saturated rings. The first kappa shape index (κ1) is 14.6. The normalized spacial score (nSPS) is 10.3. The largest absolute Gasteiger partial charge is 0.461 e. The van der Waals surface area contributed by atoms with Crippen LogP contribution in [0.25, 0.3) is 0 Å². The molecule has 0 aliphatic rings. The van der Waals surface area contributed by atoms with Gasteiger partial charge in [-0.2, -0.15) is 0 Å². The van der Waals surface area contributed by atoms with Crippen LogP contribution in [0.1, 0.15) is 62.4 Å². The Bertz CT molecular complexity index is 328. The quantitative estimate of drug-likeness (QED) is 0.498. The van der Waals surface area contributed by atoms with Crippen LogP contribution in [0, 0.1) is 0 Å². The minimum atomic E-state index is -0.380. The third kappa shape index (κ3) is 6.33. The number of hydrogen-bond donors (Lipinski definition) is 0. The Balaban J connectivity index is 2.00. The average Bonchev–Trinajstić information content (AvgIpc) is 2.42. The maximum Gasteiger partial charge on any atom is 0.358 e. The van der Waals surface area contributed by atoms with Gasteiger partial charge in [0.25, 0.3) is 0 Å². The Morgan fingerprint density at radius 3 is 2.50 bits per heavy atom. The van der Waals surface area contributed by atoms with Gasteiger partial charge in [-0.15, -0.1) is 0 Å². The summed E-state index contributed by atoms with van der Waals surface area (Å²) in [5.74, 6) is -0.380. The van der Waals surface area contributed by atoms with Crippen LogP contribution in [-0.4, -0.2) is 22.5 Å². The Hall–Kier alpha value is -1.45. The van der Waals surface area contributed by atoms with E-state index < -0.39 is 0 Å². The lowest BCUT2D eigenvalue weighted by Gasteiger charge is -2.04. The molecule has 0 aliphatic heterocycles. The number of carbonyl (C=O) groups excluding carboxylic acids is 1. The van der Waals surface area contributed by atoms with Crippen LogP contribution in [0.3, 0.4) is 0 Å². The smallest absolute Gasteiger partial charge is 0.358 e. The molecule has 0 unspecified atom stereocenters. The van der Waals surface area contributed by atoms with E-state index in [2.05, 4.69) is 16.9 Å². The van der Waals surface area contributed by atoms with Crippen molar-refractivity contribution in [1.29, 1.82) is 0 Å². The second kappa shape index (κ2) is 9.57. The van der Waals surface area contributed by atoms with E-state index in [0.717, 1.165) is 12.8 Å². The molecule has 0 saturated heterocycles. The predicted molar refractivity (Wildman–Crippen MR) is 70.3 cm³/mol. The van der Waals surface area contributed by atoms with Gasteiger partial charge in [-0.25, -0.2) is 9.78 Å². The molecule has 18 heavy (non-hydrogen) atoms. The lowest BCUT2D eigenvalue weighted by Crippen LogP contribution is -2.08. The zero-order valence-corrected chi connectivity index (χ0v) is 11.1. The van der Waals surface area contributed by atoms with E-state index in [0.29, 0.717) is 6.61 Å². The fraction of sp³-hybridized carbons (Fsp3) is 0.643. The number of carbonyl (C=O) groups is 1. The summed E-state index contributed by atoms with van der Waals surface area (Å²) in [6.45, 7) is 2.69. The van der Waals surface area contributed by atoms with Gasteiger partial charge in [0.05, 0.1) is 12.8 Å². The molecule has 1 aromatic heterocycles. The number of unbranched alkanes of at least 4 members (excludes halogenated alkanes) is 6. The molecule has 1 heterocycles. The Labute approximate surface area is 109 Å². The molecule has 0 radical (unpaired) electrons. The van der Waals surface area contributed by atoms with Crippen molar-refractivity contribution in [2.45, 2.75) is 51.9 Å². The number of hydrogen-bond acceptors (Lipinski definition) is 4. The molecule has 0 aromatic carbocycles. The molecule has 1 aromatic rings. The van der Waals surface area contributed by atoms with Gasteiger partial charge in [0, 0.05) is 12.4 Å². The summed E-state index contributed by atoms with van der Waals surface area (Å²) in [4.78, 5) is 19.2. The number of esters is 1. The highest BCUT2D eigenvalue weighted by molar-refractivity contribution is 5.86. The van der Waals surface area contributed by atoms with Crippen molar-refractivity contribution in [3.05, 3.63) is 24.3 Å². The predicted octanol–water partition coefficient (Wildman–Crippen LogP) is 3.38. The van der Waals surface area contributed by atoms with Crippen molar-refractivity contribution < 1.29 is 9.53 Å². The summed E-state index contributed by atoms with van der Waals surface area (Å²) in [5, 5.41) is 0. The number of rotatable bonds is 9. The van der Waals surface area contributed by atoms with E-state index in [1.807, 2.05) is 0 Å². The minimum Gasteiger partial charge on any atom is -0.461 e. The SMILES string of the molecule is CCCCCCCCCOC(=O)c1cnccn1. The second-order valence-corrected chi connectivity index (χ2v) is 4.35. The molecule has 4 nitrogen and oxygen atoms in total. The van der Waals surface area contributed by atoms with Crippen LogP contribution in [0.5, 0.6) is 0 Å². The first-order valence-corrected chi connectivity index (χ1v) is 6.77. The zero-order valence-electron chi connectivity index (χ0n) is 11.1. The highest BCUT2D eigenvalue weighted by Crippen LogP contribution is 2.07. The monoisotopic (exact) mass is 250 g/mol. The summed E-state index contributed by atoms with van der Waals surface area (Å²) in [5.41, 5.74) is 0.278. The van der Waals surface area contributed by atoms with Gasteiger partial charge in [-0.1, -0.05) is 45.4 Å². The molecule has 1 rings (SSSR count). The number of aromatic nitrogens is 2. The molecule has 0 saturated carbocycles. The summed E-state index contributed by atoms with van der Waals surface area (Å²) >= 11 is 0. The highest BCUT2D eigenvalue weighted by Gasteiger charge is 2.07. The molecule has 0 atom stereocenters. The number of nitrogens with zero attached hydrogens (tertiary/aromatic N) is 2. The molecule has 0 spiro atoms. The maximum atomic E-state index is 11.5. The molecule has 0 bridgehead atoms. The summed E-state index contributed by atoms with van der Waals surface area (Å²) in [6, 6.07) is 0. The summed E-state index contributed by atoms with van der Waals surface area (Å²) in [7, 11) is 0. The molecule has 4 heteroatoms. The minimum absolute atomic E-state index is 0.278. The Morgan fingerprint density at radius 2 is 1.83 bits per heavy atom. The third-order valence-electron chi connectivity index (χ3n) is 2.75. The maximum absolute atomic E-state index is 11.5.